The van der Waals surface area contributed by atoms with Crippen LogP contribution in [0.5, 0.6) is 0 Å². The summed E-state index contributed by atoms with van der Waals surface area (Å²) in [6.45, 7) is 4.52. The summed E-state index contributed by atoms with van der Waals surface area (Å²) in [7, 11) is 1.24. The molecule has 0 spiro atoms. The van der Waals surface area contributed by atoms with Crippen LogP contribution in [-0.4, -0.2) is 68.5 Å². The summed E-state index contributed by atoms with van der Waals surface area (Å²) in [5, 5.41) is 13.9. The van der Waals surface area contributed by atoms with Gasteiger partial charge in [0.2, 0.25) is 5.91 Å². The fourth-order valence-electron chi connectivity index (χ4n) is 8.20. The maximum absolute atomic E-state index is 13.0. The molecular weight excluding hydrogens is 948 g/mol. The van der Waals surface area contributed by atoms with Gasteiger partial charge in [-0.25, -0.2) is 0 Å². The Balaban J connectivity index is 4.22. The largest absolute Gasteiger partial charge is 0.756 e. The van der Waals surface area contributed by atoms with Crippen molar-refractivity contribution in [1.82, 2.24) is 5.32 Å². The van der Waals surface area contributed by atoms with Crippen LogP contribution in [0.1, 0.15) is 239 Å². The molecule has 430 valence electrons. The number of rotatable bonds is 54. The third kappa shape index (κ3) is 58.4. The number of carbonyl (C=O) groups excluding carboxylic acids is 1. The van der Waals surface area contributed by atoms with Crippen LogP contribution in [0.3, 0.4) is 0 Å². The van der Waals surface area contributed by atoms with Crippen LogP contribution in [-0.2, 0) is 18.4 Å². The fraction of sp³-hybridized carbons (Fsp3) is 0.682. The summed E-state index contributed by atoms with van der Waals surface area (Å²) in [6, 6.07) is -0.902. The Morgan fingerprint density at radius 3 is 1.19 bits per heavy atom. The minimum atomic E-state index is -4.61. The number of hydrogen-bond donors (Lipinski definition) is 2. The van der Waals surface area contributed by atoms with Crippen LogP contribution in [0.25, 0.3) is 0 Å². The molecule has 2 N–H and O–H groups in total. The van der Waals surface area contributed by atoms with Crippen molar-refractivity contribution in [2.45, 2.75) is 251 Å². The first-order valence-electron chi connectivity index (χ1n) is 30.4. The molecule has 0 aromatic carbocycles. The summed E-state index contributed by atoms with van der Waals surface area (Å²) >= 11 is 0. The third-order valence-electron chi connectivity index (χ3n) is 12.9. The lowest BCUT2D eigenvalue weighted by Gasteiger charge is -2.29. The van der Waals surface area contributed by atoms with Gasteiger partial charge in [0.25, 0.3) is 7.82 Å². The Kier molecular flexibility index (Phi) is 53.3. The van der Waals surface area contributed by atoms with Gasteiger partial charge in [0.05, 0.1) is 39.9 Å². The summed E-state index contributed by atoms with van der Waals surface area (Å²) in [5.41, 5.74) is 0. The van der Waals surface area contributed by atoms with Gasteiger partial charge in [-0.2, -0.15) is 0 Å². The maximum Gasteiger partial charge on any atom is 0.268 e. The summed E-state index contributed by atoms with van der Waals surface area (Å²) < 4.78 is 23.4. The SMILES string of the molecule is CC/C=C\C/C=C\C/C=C\C/C=C\C/C=C\C/C=C\C/C=C\C/C=C\C/C=C\CCCCCCCCCC(=O)NC(COP(=O)([O-])OCC[N+](C)(C)C)C(O)/C=C/CCCCCCCCCCCCCCCCCC. The second-order valence-corrected chi connectivity index (χ2v) is 22.7. The molecule has 3 unspecified atom stereocenters. The van der Waals surface area contributed by atoms with Crippen LogP contribution < -0.4 is 10.2 Å². The molecule has 0 saturated heterocycles. The molecule has 75 heavy (non-hydrogen) atoms. The lowest BCUT2D eigenvalue weighted by molar-refractivity contribution is -0.870. The fourth-order valence-corrected chi connectivity index (χ4v) is 8.93. The number of allylic oxidation sites excluding steroid dienone is 19. The van der Waals surface area contributed by atoms with Gasteiger partial charge in [0.1, 0.15) is 13.2 Å². The highest BCUT2D eigenvalue weighted by molar-refractivity contribution is 7.45. The molecule has 3 atom stereocenters. The molecule has 0 aliphatic rings. The zero-order valence-electron chi connectivity index (χ0n) is 49.0. The molecule has 0 aliphatic heterocycles. The molecule has 0 aromatic heterocycles. The predicted molar refractivity (Wildman–Crippen MR) is 325 cm³/mol. The van der Waals surface area contributed by atoms with Crippen molar-refractivity contribution in [3.63, 3.8) is 0 Å². The minimum Gasteiger partial charge on any atom is -0.756 e. The lowest BCUT2D eigenvalue weighted by Crippen LogP contribution is -2.45. The van der Waals surface area contributed by atoms with Crippen molar-refractivity contribution in [3.8, 4) is 0 Å². The molecule has 0 aromatic rings. The highest BCUT2D eigenvalue weighted by Gasteiger charge is 2.23. The van der Waals surface area contributed by atoms with Gasteiger partial charge in [0.15, 0.2) is 0 Å². The van der Waals surface area contributed by atoms with Crippen LogP contribution >= 0.6 is 7.82 Å². The maximum atomic E-state index is 13.0. The molecule has 0 bridgehead atoms. The smallest absolute Gasteiger partial charge is 0.268 e. The number of phosphoric acid groups is 1. The normalized spacial score (nSPS) is 14.7. The zero-order valence-corrected chi connectivity index (χ0v) is 49.8. The third-order valence-corrected chi connectivity index (χ3v) is 13.9. The Morgan fingerprint density at radius 2 is 0.813 bits per heavy atom. The number of hydrogen-bond acceptors (Lipinski definition) is 6. The number of aliphatic hydroxyl groups is 1. The standard InChI is InChI=1S/C66H115N2O6P/c1-6-8-10-12-14-16-18-20-22-24-26-27-28-29-30-31-32-33-34-35-36-37-38-39-40-41-42-44-46-48-50-52-54-56-58-60-66(70)67-64(63-74-75(71,72)73-62-61-68(3,4)5)65(69)59-57-55-53-51-49-47-45-43-25-23-21-19-17-15-13-11-9-7-2/h8,10,14,16,20,22,26-27,29-30,32-33,35-36,38-39,41-42,57,59,64-65,69H,6-7,9,11-13,15,17-19,21,23-25,28,31,34,37,40,43-56,58,60-63H2,1-5H3,(H-,67,70,71,72)/b10-8-,16-14-,22-20-,27-26-,30-29-,33-32-,36-35-,39-38-,42-41-,59-57+. The first-order chi connectivity index (χ1) is 36.5. The van der Waals surface area contributed by atoms with Gasteiger partial charge in [-0.15, -0.1) is 0 Å². The lowest BCUT2D eigenvalue weighted by atomic mass is 10.0. The second-order valence-electron chi connectivity index (χ2n) is 21.3. The Bertz CT molecular complexity index is 1630. The van der Waals surface area contributed by atoms with Gasteiger partial charge in [-0.05, 0) is 89.9 Å². The average molecular weight is 1060 g/mol. The minimum absolute atomic E-state index is 0.00920. The Hall–Kier alpha value is -3.10. The van der Waals surface area contributed by atoms with Gasteiger partial charge in [-0.3, -0.25) is 9.36 Å². The van der Waals surface area contributed by atoms with E-state index in [1.807, 2.05) is 27.2 Å². The monoisotopic (exact) mass is 1060 g/mol. The number of quaternary nitrogens is 1. The highest BCUT2D eigenvalue weighted by Crippen LogP contribution is 2.38. The van der Waals surface area contributed by atoms with Gasteiger partial charge in [0, 0.05) is 6.42 Å². The number of carbonyl (C=O) groups is 1. The predicted octanol–water partition coefficient (Wildman–Crippen LogP) is 18.3. The van der Waals surface area contributed by atoms with E-state index >= 15 is 0 Å². The molecule has 9 heteroatoms. The number of nitrogens with one attached hydrogen (secondary N) is 1. The van der Waals surface area contributed by atoms with Crippen molar-refractivity contribution in [2.24, 2.45) is 0 Å². The van der Waals surface area contributed by atoms with E-state index in [1.54, 1.807) is 6.08 Å². The van der Waals surface area contributed by atoms with E-state index in [4.69, 9.17) is 9.05 Å². The summed E-state index contributed by atoms with van der Waals surface area (Å²) in [4.78, 5) is 25.5. The quantitative estimate of drug-likeness (QED) is 0.0272. The molecule has 0 rings (SSSR count). The molecule has 0 heterocycles. The van der Waals surface area contributed by atoms with Crippen molar-refractivity contribution in [2.75, 3.05) is 40.9 Å². The number of likely N-dealkylation sites (N-methyl/N-ethyl adjacent to an activating group) is 1. The Labute approximate surface area is 463 Å². The first-order valence-corrected chi connectivity index (χ1v) is 31.9. The van der Waals surface area contributed by atoms with E-state index < -0.39 is 26.6 Å². The molecule has 0 fully saturated rings. The van der Waals surface area contributed by atoms with Crippen LogP contribution in [0.15, 0.2) is 122 Å². The van der Waals surface area contributed by atoms with E-state index in [9.17, 15) is 19.4 Å². The van der Waals surface area contributed by atoms with E-state index in [2.05, 4.69) is 129 Å². The van der Waals surface area contributed by atoms with Crippen LogP contribution in [0.4, 0.5) is 0 Å². The van der Waals surface area contributed by atoms with E-state index in [-0.39, 0.29) is 12.5 Å². The molecule has 0 aliphatic carbocycles. The van der Waals surface area contributed by atoms with Crippen LogP contribution in [0, 0.1) is 0 Å². The van der Waals surface area contributed by atoms with Gasteiger partial charge < -0.3 is 28.8 Å². The molecule has 1 amide bonds. The van der Waals surface area contributed by atoms with Gasteiger partial charge in [-0.1, -0.05) is 264 Å². The van der Waals surface area contributed by atoms with E-state index in [0.717, 1.165) is 109 Å². The van der Waals surface area contributed by atoms with E-state index in [1.165, 1.54) is 109 Å². The van der Waals surface area contributed by atoms with E-state index in [0.29, 0.717) is 17.4 Å². The van der Waals surface area contributed by atoms with Crippen molar-refractivity contribution >= 4 is 13.7 Å². The first kappa shape index (κ1) is 71.9. The summed E-state index contributed by atoms with van der Waals surface area (Å²) in [5.74, 6) is -0.213. The number of phosphoric ester groups is 1. The Morgan fingerprint density at radius 1 is 0.480 bits per heavy atom. The topological polar surface area (TPSA) is 108 Å². The van der Waals surface area contributed by atoms with Gasteiger partial charge >= 0.3 is 0 Å². The number of aliphatic hydroxyl groups excluding tert-OH is 1. The number of unbranched alkanes of at least 4 members (excludes halogenated alkanes) is 23. The highest BCUT2D eigenvalue weighted by atomic mass is 31.2. The molecule has 0 saturated carbocycles. The molecular formula is C66H115N2O6P. The van der Waals surface area contributed by atoms with Crippen molar-refractivity contribution in [1.29, 1.82) is 0 Å². The average Bonchev–Trinajstić information content (AvgIpc) is 3.37. The number of amides is 1. The summed E-state index contributed by atoms with van der Waals surface area (Å²) in [6.07, 6.45) is 82.7. The number of nitrogens with zero attached hydrogens (tertiary/aromatic N) is 1. The zero-order chi connectivity index (χ0) is 54.9. The second kappa shape index (κ2) is 55.6. The molecule has 0 radical (unpaired) electrons. The molecule has 8 nitrogen and oxygen atoms in total. The van der Waals surface area contributed by atoms with Crippen molar-refractivity contribution in [3.05, 3.63) is 122 Å². The van der Waals surface area contributed by atoms with Crippen molar-refractivity contribution < 1.29 is 32.9 Å². The van der Waals surface area contributed by atoms with Crippen LogP contribution in [0.2, 0.25) is 0 Å².